The van der Waals surface area contributed by atoms with Gasteiger partial charge in [0.05, 0.1) is 17.1 Å². The number of hydrogen-bond acceptors (Lipinski definition) is 5. The number of nitrogens with one attached hydrogen (secondary N) is 1. The van der Waals surface area contributed by atoms with Crippen LogP contribution in [0.3, 0.4) is 0 Å². The maximum absolute atomic E-state index is 12.2. The molecule has 0 saturated heterocycles. The highest BCUT2D eigenvalue weighted by molar-refractivity contribution is 5.98. The molecule has 1 rings (SSSR count). The van der Waals surface area contributed by atoms with Gasteiger partial charge < -0.3 is 15.2 Å². The summed E-state index contributed by atoms with van der Waals surface area (Å²) in [5.41, 5.74) is -0.0885. The molecule has 2 N–H and O–H groups in total. The third-order valence-electron chi connectivity index (χ3n) is 2.90. The Kier molecular flexibility index (Phi) is 6.61. The van der Waals surface area contributed by atoms with Crippen molar-refractivity contribution in [1.29, 1.82) is 0 Å². The Morgan fingerprint density at radius 3 is 2.81 bits per heavy atom. The molecule has 0 heterocycles. The number of nitrogens with zero attached hydrogens (tertiary/aromatic N) is 1. The SMILES string of the molecule is CCOc1c(C(=O)NC(C)CCCO)cccc1[N+](=O)[O-]. The van der Waals surface area contributed by atoms with Crippen molar-refractivity contribution in [2.45, 2.75) is 32.7 Å². The van der Waals surface area contributed by atoms with E-state index in [0.29, 0.717) is 12.8 Å². The summed E-state index contributed by atoms with van der Waals surface area (Å²) < 4.78 is 5.27. The van der Waals surface area contributed by atoms with Gasteiger partial charge in [-0.05, 0) is 32.8 Å². The van der Waals surface area contributed by atoms with Gasteiger partial charge in [-0.2, -0.15) is 0 Å². The average Bonchev–Trinajstić information content (AvgIpc) is 2.45. The Balaban J connectivity index is 2.97. The molecule has 116 valence electrons. The number of carbonyl (C=O) groups excluding carboxylic acids is 1. The summed E-state index contributed by atoms with van der Waals surface area (Å²) in [5, 5.41) is 22.5. The molecule has 7 heteroatoms. The molecule has 0 aromatic heterocycles. The second-order valence-electron chi connectivity index (χ2n) is 4.58. The van der Waals surface area contributed by atoms with E-state index in [0.717, 1.165) is 0 Å². The van der Waals surface area contributed by atoms with Gasteiger partial charge in [0, 0.05) is 18.7 Å². The van der Waals surface area contributed by atoms with Crippen LogP contribution in [-0.4, -0.2) is 35.2 Å². The lowest BCUT2D eigenvalue weighted by atomic mass is 10.1. The van der Waals surface area contributed by atoms with Gasteiger partial charge >= 0.3 is 5.69 Å². The summed E-state index contributed by atoms with van der Waals surface area (Å²) in [5.74, 6) is -0.440. The van der Waals surface area contributed by atoms with Crippen molar-refractivity contribution in [3.8, 4) is 5.75 Å². The van der Waals surface area contributed by atoms with Crippen LogP contribution in [0.1, 0.15) is 37.0 Å². The molecule has 1 aromatic rings. The predicted octanol–water partition coefficient (Wildman–Crippen LogP) is 1.88. The van der Waals surface area contributed by atoms with Gasteiger partial charge in [0.25, 0.3) is 5.91 Å². The number of aliphatic hydroxyl groups excluding tert-OH is 1. The zero-order valence-electron chi connectivity index (χ0n) is 12.2. The number of ether oxygens (including phenoxy) is 1. The minimum absolute atomic E-state index is 0.0168. The lowest BCUT2D eigenvalue weighted by Crippen LogP contribution is -2.33. The molecular formula is C14H20N2O5. The first kappa shape index (κ1) is 16.9. The number of rotatable bonds is 8. The number of amides is 1. The Labute approximate surface area is 123 Å². The van der Waals surface area contributed by atoms with Crippen LogP contribution in [0.2, 0.25) is 0 Å². The van der Waals surface area contributed by atoms with Crippen molar-refractivity contribution < 1.29 is 19.6 Å². The Hall–Kier alpha value is -2.15. The van der Waals surface area contributed by atoms with Crippen molar-refractivity contribution in [1.82, 2.24) is 5.32 Å². The fourth-order valence-electron chi connectivity index (χ4n) is 1.91. The van der Waals surface area contributed by atoms with Crippen LogP contribution in [0.5, 0.6) is 5.75 Å². The van der Waals surface area contributed by atoms with E-state index in [1.165, 1.54) is 18.2 Å². The molecule has 1 atom stereocenters. The van der Waals surface area contributed by atoms with E-state index in [1.54, 1.807) is 6.92 Å². The highest BCUT2D eigenvalue weighted by Gasteiger charge is 2.23. The number of hydrogen-bond donors (Lipinski definition) is 2. The molecule has 7 nitrogen and oxygen atoms in total. The largest absolute Gasteiger partial charge is 0.487 e. The third kappa shape index (κ3) is 4.71. The van der Waals surface area contributed by atoms with Gasteiger partial charge in [0.2, 0.25) is 5.75 Å². The lowest BCUT2D eigenvalue weighted by molar-refractivity contribution is -0.385. The van der Waals surface area contributed by atoms with E-state index in [-0.39, 0.29) is 36.3 Å². The van der Waals surface area contributed by atoms with Gasteiger partial charge in [0.1, 0.15) is 0 Å². The normalized spacial score (nSPS) is 11.8. The summed E-state index contributed by atoms with van der Waals surface area (Å²) in [4.78, 5) is 22.6. The van der Waals surface area contributed by atoms with E-state index in [1.807, 2.05) is 6.92 Å². The molecule has 1 unspecified atom stereocenters. The molecule has 0 aliphatic rings. The summed E-state index contributed by atoms with van der Waals surface area (Å²) >= 11 is 0. The Bertz CT molecular complexity index is 504. The monoisotopic (exact) mass is 296 g/mol. The summed E-state index contributed by atoms with van der Waals surface area (Å²) in [7, 11) is 0. The van der Waals surface area contributed by atoms with Crippen LogP contribution in [0, 0.1) is 10.1 Å². The van der Waals surface area contributed by atoms with Gasteiger partial charge in [-0.25, -0.2) is 0 Å². The smallest absolute Gasteiger partial charge is 0.311 e. The van der Waals surface area contributed by atoms with Crippen molar-refractivity contribution >= 4 is 11.6 Å². The molecule has 0 aliphatic carbocycles. The predicted molar refractivity (Wildman–Crippen MR) is 77.5 cm³/mol. The lowest BCUT2D eigenvalue weighted by Gasteiger charge is -2.15. The van der Waals surface area contributed by atoms with E-state index in [9.17, 15) is 14.9 Å². The van der Waals surface area contributed by atoms with E-state index in [4.69, 9.17) is 9.84 Å². The van der Waals surface area contributed by atoms with Gasteiger partial charge in [0.15, 0.2) is 0 Å². The molecule has 0 radical (unpaired) electrons. The van der Waals surface area contributed by atoms with Crippen molar-refractivity contribution in [3.05, 3.63) is 33.9 Å². The first-order valence-electron chi connectivity index (χ1n) is 6.83. The van der Waals surface area contributed by atoms with Crippen molar-refractivity contribution in [3.63, 3.8) is 0 Å². The fraction of sp³-hybridized carbons (Fsp3) is 0.500. The number of carbonyl (C=O) groups is 1. The number of para-hydroxylation sites is 1. The Morgan fingerprint density at radius 2 is 2.24 bits per heavy atom. The molecule has 0 fully saturated rings. The third-order valence-corrected chi connectivity index (χ3v) is 2.90. The van der Waals surface area contributed by atoms with Gasteiger partial charge in [-0.15, -0.1) is 0 Å². The zero-order chi connectivity index (χ0) is 15.8. The van der Waals surface area contributed by atoms with E-state index < -0.39 is 10.8 Å². The minimum Gasteiger partial charge on any atom is -0.487 e. The number of benzene rings is 1. The first-order chi connectivity index (χ1) is 10.0. The van der Waals surface area contributed by atoms with E-state index >= 15 is 0 Å². The first-order valence-corrected chi connectivity index (χ1v) is 6.83. The van der Waals surface area contributed by atoms with Crippen LogP contribution in [0.25, 0.3) is 0 Å². The molecular weight excluding hydrogens is 276 g/mol. The maximum Gasteiger partial charge on any atom is 0.311 e. The highest BCUT2D eigenvalue weighted by atomic mass is 16.6. The second kappa shape index (κ2) is 8.21. The van der Waals surface area contributed by atoms with Crippen LogP contribution in [-0.2, 0) is 0 Å². The molecule has 0 bridgehead atoms. The van der Waals surface area contributed by atoms with Crippen LogP contribution < -0.4 is 10.1 Å². The van der Waals surface area contributed by atoms with Crippen LogP contribution >= 0.6 is 0 Å². The van der Waals surface area contributed by atoms with Crippen LogP contribution in [0.15, 0.2) is 18.2 Å². The van der Waals surface area contributed by atoms with E-state index in [2.05, 4.69) is 5.32 Å². The standard InChI is InChI=1S/C14H20N2O5/c1-3-21-13-11(7-4-8-12(13)16(19)20)14(18)15-10(2)6-5-9-17/h4,7-8,10,17H,3,5-6,9H2,1-2H3,(H,15,18). The zero-order valence-corrected chi connectivity index (χ0v) is 12.2. The molecule has 0 aliphatic heterocycles. The number of nitro groups is 1. The Morgan fingerprint density at radius 1 is 1.52 bits per heavy atom. The highest BCUT2D eigenvalue weighted by Crippen LogP contribution is 2.31. The summed E-state index contributed by atoms with van der Waals surface area (Å²) in [6.45, 7) is 3.79. The second-order valence-corrected chi connectivity index (χ2v) is 4.58. The van der Waals surface area contributed by atoms with Crippen molar-refractivity contribution in [2.75, 3.05) is 13.2 Å². The number of aliphatic hydroxyl groups is 1. The molecule has 0 spiro atoms. The topological polar surface area (TPSA) is 102 Å². The van der Waals surface area contributed by atoms with Crippen LogP contribution in [0.4, 0.5) is 5.69 Å². The average molecular weight is 296 g/mol. The quantitative estimate of drug-likeness (QED) is 0.563. The minimum atomic E-state index is -0.572. The molecule has 0 saturated carbocycles. The van der Waals surface area contributed by atoms with Gasteiger partial charge in [-0.1, -0.05) is 6.07 Å². The number of nitro benzene ring substituents is 1. The molecule has 1 amide bonds. The van der Waals surface area contributed by atoms with Gasteiger partial charge in [-0.3, -0.25) is 14.9 Å². The van der Waals surface area contributed by atoms with Crippen molar-refractivity contribution in [2.24, 2.45) is 0 Å². The molecule has 1 aromatic carbocycles. The fourth-order valence-corrected chi connectivity index (χ4v) is 1.91. The summed E-state index contributed by atoms with van der Waals surface area (Å²) in [6, 6.07) is 4.11. The molecule has 21 heavy (non-hydrogen) atoms. The summed E-state index contributed by atoms with van der Waals surface area (Å²) in [6.07, 6.45) is 1.20. The maximum atomic E-state index is 12.2.